The number of amides is 1. The van der Waals surface area contributed by atoms with Crippen LogP contribution in [-0.2, 0) is 4.74 Å². The summed E-state index contributed by atoms with van der Waals surface area (Å²) in [6.07, 6.45) is 1.12. The molecule has 0 aliphatic carbocycles. The molecule has 0 spiro atoms. The van der Waals surface area contributed by atoms with Crippen LogP contribution in [0.2, 0.25) is 0 Å². The SMILES string of the molecule is CC.CN=NN(C)CC1CN(c2ccc(-c3ccc(C=O)nc3)c(F)c2)C(=O)O1. The Morgan fingerprint density at radius 3 is 2.69 bits per heavy atom. The average molecular weight is 401 g/mol. The van der Waals surface area contributed by atoms with Crippen LogP contribution in [0.3, 0.4) is 0 Å². The van der Waals surface area contributed by atoms with Crippen LogP contribution in [0.15, 0.2) is 46.9 Å². The van der Waals surface area contributed by atoms with Gasteiger partial charge in [-0.1, -0.05) is 25.1 Å². The number of halogens is 1. The molecular weight excluding hydrogens is 377 g/mol. The van der Waals surface area contributed by atoms with E-state index in [0.717, 1.165) is 0 Å². The van der Waals surface area contributed by atoms with Crippen molar-refractivity contribution in [1.82, 2.24) is 9.99 Å². The van der Waals surface area contributed by atoms with Crippen LogP contribution in [0, 0.1) is 5.82 Å². The van der Waals surface area contributed by atoms with Gasteiger partial charge in [-0.3, -0.25) is 19.7 Å². The summed E-state index contributed by atoms with van der Waals surface area (Å²) in [5.41, 5.74) is 1.55. The average Bonchev–Trinajstić information content (AvgIpc) is 3.09. The van der Waals surface area contributed by atoms with Gasteiger partial charge in [0, 0.05) is 24.4 Å². The molecule has 29 heavy (non-hydrogen) atoms. The van der Waals surface area contributed by atoms with Gasteiger partial charge < -0.3 is 4.74 Å². The van der Waals surface area contributed by atoms with Gasteiger partial charge >= 0.3 is 6.09 Å². The third kappa shape index (κ3) is 5.34. The second-order valence-corrected chi connectivity index (χ2v) is 6.00. The third-order valence-corrected chi connectivity index (χ3v) is 4.07. The number of carbonyl (C=O) groups is 2. The Morgan fingerprint density at radius 2 is 2.10 bits per heavy atom. The van der Waals surface area contributed by atoms with Crippen LogP contribution in [0.25, 0.3) is 11.1 Å². The predicted molar refractivity (Wildman–Crippen MR) is 107 cm³/mol. The standard InChI is InChI=1S/C18H18FN5O3.C2H6/c1-20-22-23(2)9-15-10-24(18(26)27-15)14-5-6-16(17(19)7-14)12-3-4-13(11-25)21-8-12;1-2/h3-8,11,15H,9-10H2,1-2H3;1-2H3. The van der Waals surface area contributed by atoms with Crippen molar-refractivity contribution in [1.29, 1.82) is 0 Å². The van der Waals surface area contributed by atoms with Crippen molar-refractivity contribution in [2.45, 2.75) is 20.0 Å². The van der Waals surface area contributed by atoms with Gasteiger partial charge in [-0.05, 0) is 24.3 Å². The van der Waals surface area contributed by atoms with Crippen molar-refractivity contribution >= 4 is 18.1 Å². The number of pyridine rings is 1. The maximum absolute atomic E-state index is 14.6. The monoisotopic (exact) mass is 401 g/mol. The van der Waals surface area contributed by atoms with Gasteiger partial charge in [0.2, 0.25) is 0 Å². The highest BCUT2D eigenvalue weighted by atomic mass is 19.1. The minimum absolute atomic E-state index is 0.272. The van der Waals surface area contributed by atoms with Crippen LogP contribution in [0.1, 0.15) is 24.3 Å². The van der Waals surface area contributed by atoms with Crippen LogP contribution < -0.4 is 4.90 Å². The van der Waals surface area contributed by atoms with E-state index in [1.807, 2.05) is 13.8 Å². The molecule has 1 aliphatic rings. The van der Waals surface area contributed by atoms with E-state index in [2.05, 4.69) is 15.3 Å². The lowest BCUT2D eigenvalue weighted by atomic mass is 10.1. The van der Waals surface area contributed by atoms with Gasteiger partial charge in [-0.15, -0.1) is 0 Å². The largest absolute Gasteiger partial charge is 0.442 e. The van der Waals surface area contributed by atoms with Gasteiger partial charge in [0.1, 0.15) is 17.6 Å². The summed E-state index contributed by atoms with van der Waals surface area (Å²) in [5, 5.41) is 9.07. The minimum Gasteiger partial charge on any atom is -0.442 e. The molecule has 0 bridgehead atoms. The van der Waals surface area contributed by atoms with Crippen molar-refractivity contribution in [3.63, 3.8) is 0 Å². The molecule has 3 rings (SSSR count). The smallest absolute Gasteiger partial charge is 0.414 e. The Kier molecular flexibility index (Phi) is 7.76. The number of ether oxygens (including phenoxy) is 1. The molecule has 2 aromatic rings. The first-order valence-corrected chi connectivity index (χ1v) is 9.22. The quantitative estimate of drug-likeness (QED) is 0.415. The molecule has 0 saturated carbocycles. The van der Waals surface area contributed by atoms with Gasteiger partial charge in [0.25, 0.3) is 0 Å². The number of rotatable bonds is 6. The zero-order valence-corrected chi connectivity index (χ0v) is 16.9. The van der Waals surface area contributed by atoms with Crippen molar-refractivity contribution < 1.29 is 18.7 Å². The number of anilines is 1. The molecule has 0 radical (unpaired) electrons. The first-order valence-electron chi connectivity index (χ1n) is 9.22. The lowest BCUT2D eigenvalue weighted by molar-refractivity contribution is 0.111. The third-order valence-electron chi connectivity index (χ3n) is 4.07. The number of hydrogen-bond acceptors (Lipinski definition) is 6. The second kappa shape index (κ2) is 10.3. The molecule has 1 amide bonds. The number of aromatic nitrogens is 1. The molecule has 1 fully saturated rings. The lowest BCUT2D eigenvalue weighted by Gasteiger charge is -2.16. The molecule has 1 aromatic heterocycles. The number of benzene rings is 1. The Balaban J connectivity index is 0.00000145. The summed E-state index contributed by atoms with van der Waals surface area (Å²) in [4.78, 5) is 28.1. The number of likely N-dealkylation sites (N-methyl/N-ethyl adjacent to an activating group) is 1. The number of carbonyl (C=O) groups excluding carboxylic acids is 2. The number of nitrogens with zero attached hydrogens (tertiary/aromatic N) is 5. The maximum atomic E-state index is 14.6. The van der Waals surface area contributed by atoms with Crippen LogP contribution in [-0.4, -0.2) is 55.7 Å². The van der Waals surface area contributed by atoms with E-state index in [4.69, 9.17) is 4.74 Å². The van der Waals surface area contributed by atoms with Gasteiger partial charge in [-0.2, -0.15) is 5.11 Å². The first kappa shape index (κ1) is 21.9. The number of aldehydes is 1. The molecule has 9 heteroatoms. The van der Waals surface area contributed by atoms with Gasteiger partial charge in [0.05, 0.1) is 25.8 Å². The van der Waals surface area contributed by atoms with Crippen molar-refractivity contribution in [2.75, 3.05) is 32.1 Å². The summed E-state index contributed by atoms with van der Waals surface area (Å²) in [6, 6.07) is 7.63. The van der Waals surface area contributed by atoms with Crippen LogP contribution in [0.4, 0.5) is 14.9 Å². The fourth-order valence-corrected chi connectivity index (χ4v) is 2.85. The zero-order valence-electron chi connectivity index (χ0n) is 16.9. The highest BCUT2D eigenvalue weighted by Crippen LogP contribution is 2.29. The maximum Gasteiger partial charge on any atom is 0.414 e. The Hall–Kier alpha value is -3.36. The highest BCUT2D eigenvalue weighted by Gasteiger charge is 2.33. The van der Waals surface area contributed by atoms with Crippen LogP contribution in [0.5, 0.6) is 0 Å². The van der Waals surface area contributed by atoms with Crippen molar-refractivity contribution in [3.8, 4) is 11.1 Å². The zero-order chi connectivity index (χ0) is 21.4. The topological polar surface area (TPSA) is 87.5 Å². The fraction of sp³-hybridized carbons (Fsp3) is 0.350. The Bertz CT molecular complexity index is 873. The Morgan fingerprint density at radius 1 is 1.34 bits per heavy atom. The predicted octanol–water partition coefficient (Wildman–Crippen LogP) is 3.98. The molecule has 8 nitrogen and oxygen atoms in total. The number of hydrogen-bond donors (Lipinski definition) is 0. The van der Waals surface area contributed by atoms with E-state index >= 15 is 0 Å². The molecule has 2 heterocycles. The van der Waals surface area contributed by atoms with Crippen molar-refractivity contribution in [3.05, 3.63) is 48.0 Å². The van der Waals surface area contributed by atoms with E-state index in [1.165, 1.54) is 23.2 Å². The van der Waals surface area contributed by atoms with Gasteiger partial charge in [0.15, 0.2) is 6.29 Å². The number of cyclic esters (lactones) is 1. The van der Waals surface area contributed by atoms with E-state index in [9.17, 15) is 14.0 Å². The molecule has 1 aromatic carbocycles. The first-order chi connectivity index (χ1) is 14.0. The highest BCUT2D eigenvalue weighted by molar-refractivity contribution is 5.90. The molecule has 154 valence electrons. The summed E-state index contributed by atoms with van der Waals surface area (Å²) >= 11 is 0. The van der Waals surface area contributed by atoms with E-state index in [-0.39, 0.29) is 12.2 Å². The minimum atomic E-state index is -0.536. The Labute approximate surface area is 169 Å². The lowest BCUT2D eigenvalue weighted by Crippen LogP contribution is -2.29. The van der Waals surface area contributed by atoms with E-state index < -0.39 is 18.0 Å². The molecule has 1 aliphatic heterocycles. The summed E-state index contributed by atoms with van der Waals surface area (Å²) in [5.74, 6) is -0.499. The molecular formula is C20H24FN5O3. The van der Waals surface area contributed by atoms with Gasteiger partial charge in [-0.25, -0.2) is 9.18 Å². The van der Waals surface area contributed by atoms with E-state index in [0.29, 0.717) is 29.6 Å². The molecule has 1 saturated heterocycles. The second-order valence-electron chi connectivity index (χ2n) is 6.00. The normalized spacial score (nSPS) is 15.7. The van der Waals surface area contributed by atoms with E-state index in [1.54, 1.807) is 37.3 Å². The summed E-state index contributed by atoms with van der Waals surface area (Å²) in [7, 11) is 3.28. The molecule has 0 N–H and O–H groups in total. The fourth-order valence-electron chi connectivity index (χ4n) is 2.85. The molecule has 1 atom stereocenters. The summed E-state index contributed by atoms with van der Waals surface area (Å²) < 4.78 is 19.9. The van der Waals surface area contributed by atoms with Crippen LogP contribution >= 0.6 is 0 Å². The summed E-state index contributed by atoms with van der Waals surface area (Å²) in [6.45, 7) is 4.67. The van der Waals surface area contributed by atoms with Crippen molar-refractivity contribution in [2.24, 2.45) is 10.3 Å². The molecule has 1 unspecified atom stereocenters.